The smallest absolute Gasteiger partial charge is 0.230 e. The van der Waals surface area contributed by atoms with Crippen molar-refractivity contribution >= 4 is 17.2 Å². The molecule has 2 fully saturated rings. The van der Waals surface area contributed by atoms with Gasteiger partial charge in [-0.3, -0.25) is 9.69 Å². The van der Waals surface area contributed by atoms with Crippen molar-refractivity contribution in [3.05, 3.63) is 40.2 Å². The summed E-state index contributed by atoms with van der Waals surface area (Å²) in [7, 11) is 0. The first-order chi connectivity index (χ1) is 11.7. The van der Waals surface area contributed by atoms with Crippen LogP contribution >= 0.6 is 11.3 Å². The molecule has 4 rings (SSSR count). The maximum Gasteiger partial charge on any atom is 0.230 e. The average Bonchev–Trinajstić information content (AvgIpc) is 3.29. The Labute approximate surface area is 144 Å². The van der Waals surface area contributed by atoms with Gasteiger partial charge < -0.3 is 14.5 Å². The highest BCUT2D eigenvalue weighted by atomic mass is 32.1. The van der Waals surface area contributed by atoms with Crippen LogP contribution in [0.5, 0.6) is 0 Å². The summed E-state index contributed by atoms with van der Waals surface area (Å²) >= 11 is 1.68. The van der Waals surface area contributed by atoms with Crippen molar-refractivity contribution in [1.82, 2.24) is 15.2 Å². The lowest BCUT2D eigenvalue weighted by Gasteiger charge is -2.25. The van der Waals surface area contributed by atoms with Gasteiger partial charge in [-0.2, -0.15) is 0 Å². The minimum atomic E-state index is -0.446. The quantitative estimate of drug-likeness (QED) is 0.893. The summed E-state index contributed by atoms with van der Waals surface area (Å²) < 4.78 is 10.9. The van der Waals surface area contributed by atoms with Crippen molar-refractivity contribution in [2.75, 3.05) is 26.3 Å². The maximum atomic E-state index is 12.9. The van der Waals surface area contributed by atoms with E-state index in [2.05, 4.69) is 20.6 Å². The zero-order valence-electron chi connectivity index (χ0n) is 13.7. The Bertz CT molecular complexity index is 714. The number of hydrogen-bond acceptors (Lipinski definition) is 6. The molecule has 24 heavy (non-hydrogen) atoms. The second-order valence-corrected chi connectivity index (χ2v) is 7.63. The lowest BCUT2D eigenvalue weighted by atomic mass is 9.80. The summed E-state index contributed by atoms with van der Waals surface area (Å²) in [5, 5.41) is 6.21. The Kier molecular flexibility index (Phi) is 4.15. The molecule has 2 aromatic rings. The molecule has 6 nitrogen and oxygen atoms in total. The van der Waals surface area contributed by atoms with Crippen LogP contribution < -0.4 is 5.32 Å². The number of likely N-dealkylation sites (tertiary alicyclic amines) is 1. The van der Waals surface area contributed by atoms with Crippen molar-refractivity contribution in [3.63, 3.8) is 0 Å². The molecule has 2 aromatic heterocycles. The third-order valence-electron chi connectivity index (χ3n) is 4.93. The van der Waals surface area contributed by atoms with E-state index in [-0.39, 0.29) is 11.8 Å². The number of fused-ring (bicyclic) bond motifs is 1. The van der Waals surface area contributed by atoms with Gasteiger partial charge in [-0.25, -0.2) is 4.98 Å². The Morgan fingerprint density at radius 1 is 1.58 bits per heavy atom. The monoisotopic (exact) mass is 347 g/mol. The fraction of sp³-hybridized carbons (Fsp3) is 0.529. The molecule has 2 atom stereocenters. The van der Waals surface area contributed by atoms with Crippen molar-refractivity contribution < 1.29 is 13.9 Å². The number of amides is 1. The van der Waals surface area contributed by atoms with Gasteiger partial charge in [0, 0.05) is 30.1 Å². The van der Waals surface area contributed by atoms with E-state index >= 15 is 0 Å². The van der Waals surface area contributed by atoms with Gasteiger partial charge in [-0.15, -0.1) is 11.3 Å². The van der Waals surface area contributed by atoms with E-state index in [1.165, 1.54) is 0 Å². The molecule has 2 aliphatic rings. The zero-order valence-corrected chi connectivity index (χ0v) is 14.5. The molecule has 2 aliphatic heterocycles. The zero-order chi connectivity index (χ0) is 16.6. The summed E-state index contributed by atoms with van der Waals surface area (Å²) in [4.78, 5) is 19.7. The van der Waals surface area contributed by atoms with E-state index in [0.29, 0.717) is 19.8 Å². The van der Waals surface area contributed by atoms with Gasteiger partial charge in [0.25, 0.3) is 0 Å². The molecule has 0 saturated carbocycles. The Balaban J connectivity index is 1.43. The first kappa shape index (κ1) is 15.8. The maximum absolute atomic E-state index is 12.9. The predicted molar refractivity (Wildman–Crippen MR) is 89.4 cm³/mol. The largest absolute Gasteiger partial charge is 0.467 e. The number of nitrogens with one attached hydrogen (secondary N) is 1. The van der Waals surface area contributed by atoms with Gasteiger partial charge in [0.15, 0.2) is 0 Å². The van der Waals surface area contributed by atoms with Gasteiger partial charge in [0.1, 0.15) is 10.8 Å². The molecule has 0 aromatic carbocycles. The highest BCUT2D eigenvalue weighted by Gasteiger charge is 2.55. The van der Waals surface area contributed by atoms with Crippen molar-refractivity contribution in [2.24, 2.45) is 11.3 Å². The van der Waals surface area contributed by atoms with Crippen molar-refractivity contribution in [2.45, 2.75) is 20.0 Å². The number of carbonyl (C=O) groups is 1. The number of thiazole rings is 1. The topological polar surface area (TPSA) is 67.6 Å². The van der Waals surface area contributed by atoms with Crippen LogP contribution in [0.2, 0.25) is 0 Å². The third kappa shape index (κ3) is 2.87. The van der Waals surface area contributed by atoms with Gasteiger partial charge in [0.05, 0.1) is 38.0 Å². The molecular weight excluding hydrogens is 326 g/mol. The Hall–Kier alpha value is -1.70. The second kappa shape index (κ2) is 6.31. The number of hydrogen-bond donors (Lipinski definition) is 1. The molecule has 1 amide bonds. The number of aromatic nitrogens is 1. The van der Waals surface area contributed by atoms with Crippen LogP contribution in [-0.4, -0.2) is 42.1 Å². The van der Waals surface area contributed by atoms with Gasteiger partial charge in [-0.05, 0) is 19.1 Å². The SMILES string of the molecule is Cc1csc(CN2C[C@@H]3COC[C@]3(C(=O)NCc3ccco3)C2)n1. The standard InChI is InChI=1S/C17H21N3O3S/c1-12-9-24-15(19-12)7-20-6-13-8-22-11-17(13,10-20)16(21)18-5-14-3-2-4-23-14/h2-4,9,13H,5-8,10-11H2,1H3,(H,18,21)/t13-,17-/m1/s1. The van der Waals surface area contributed by atoms with E-state index in [1.54, 1.807) is 17.6 Å². The average molecular weight is 347 g/mol. The van der Waals surface area contributed by atoms with E-state index < -0.39 is 5.41 Å². The van der Waals surface area contributed by atoms with Crippen LogP contribution in [-0.2, 0) is 22.6 Å². The molecule has 0 spiro atoms. The lowest BCUT2D eigenvalue weighted by molar-refractivity contribution is -0.132. The van der Waals surface area contributed by atoms with Crippen molar-refractivity contribution in [1.29, 1.82) is 0 Å². The fourth-order valence-electron chi connectivity index (χ4n) is 3.70. The number of aryl methyl sites for hydroxylation is 1. The Morgan fingerprint density at radius 2 is 2.50 bits per heavy atom. The summed E-state index contributed by atoms with van der Waals surface area (Å²) in [6.07, 6.45) is 1.62. The normalized spacial score (nSPS) is 26.6. The number of furan rings is 1. The molecule has 0 bridgehead atoms. The van der Waals surface area contributed by atoms with Crippen LogP contribution in [0.1, 0.15) is 16.5 Å². The molecular formula is C17H21N3O3S. The molecule has 1 N–H and O–H groups in total. The summed E-state index contributed by atoms with van der Waals surface area (Å²) in [5.41, 5.74) is 0.613. The Morgan fingerprint density at radius 3 is 3.25 bits per heavy atom. The minimum absolute atomic E-state index is 0.0687. The fourth-order valence-corrected chi connectivity index (χ4v) is 4.52. The van der Waals surface area contributed by atoms with Crippen LogP contribution in [0, 0.1) is 18.3 Å². The van der Waals surface area contributed by atoms with Crippen LogP contribution in [0.15, 0.2) is 28.2 Å². The molecule has 128 valence electrons. The van der Waals surface area contributed by atoms with E-state index in [0.717, 1.165) is 36.1 Å². The summed E-state index contributed by atoms with van der Waals surface area (Å²) in [6, 6.07) is 3.70. The molecule has 0 radical (unpaired) electrons. The van der Waals surface area contributed by atoms with Crippen molar-refractivity contribution in [3.8, 4) is 0 Å². The lowest BCUT2D eigenvalue weighted by Crippen LogP contribution is -2.46. The van der Waals surface area contributed by atoms with E-state index in [9.17, 15) is 4.79 Å². The van der Waals surface area contributed by atoms with E-state index in [4.69, 9.17) is 9.15 Å². The second-order valence-electron chi connectivity index (χ2n) is 6.68. The first-order valence-electron chi connectivity index (χ1n) is 8.17. The molecule has 7 heteroatoms. The highest BCUT2D eigenvalue weighted by molar-refractivity contribution is 7.09. The number of nitrogens with zero attached hydrogens (tertiary/aromatic N) is 2. The summed E-state index contributed by atoms with van der Waals surface area (Å²) in [6.45, 7) is 5.99. The third-order valence-corrected chi connectivity index (χ3v) is 5.88. The number of rotatable bonds is 5. The summed E-state index contributed by atoms with van der Waals surface area (Å²) in [5.74, 6) is 1.08. The molecule has 0 aliphatic carbocycles. The minimum Gasteiger partial charge on any atom is -0.467 e. The van der Waals surface area contributed by atoms with Gasteiger partial charge in [-0.1, -0.05) is 0 Å². The van der Waals surface area contributed by atoms with Crippen LogP contribution in [0.4, 0.5) is 0 Å². The molecule has 0 unspecified atom stereocenters. The first-order valence-corrected chi connectivity index (χ1v) is 9.05. The number of carbonyl (C=O) groups excluding carboxylic acids is 1. The molecule has 2 saturated heterocycles. The van der Waals surface area contributed by atoms with Crippen LogP contribution in [0.25, 0.3) is 0 Å². The highest BCUT2D eigenvalue weighted by Crippen LogP contribution is 2.42. The van der Waals surface area contributed by atoms with Crippen LogP contribution in [0.3, 0.4) is 0 Å². The van der Waals surface area contributed by atoms with E-state index in [1.807, 2.05) is 19.1 Å². The molecule has 4 heterocycles. The van der Waals surface area contributed by atoms with Gasteiger partial charge >= 0.3 is 0 Å². The van der Waals surface area contributed by atoms with Gasteiger partial charge in [0.2, 0.25) is 5.91 Å². The number of ether oxygens (including phenoxy) is 1. The predicted octanol–water partition coefficient (Wildman–Crippen LogP) is 1.81.